The second-order valence-electron chi connectivity index (χ2n) is 5.61. The molecule has 92 valence electrons. The second kappa shape index (κ2) is 5.65. The Kier molecular flexibility index (Phi) is 4.76. The molecule has 3 atom stereocenters. The molecule has 0 bridgehead atoms. The van der Waals surface area contributed by atoms with Gasteiger partial charge < -0.3 is 0 Å². The van der Waals surface area contributed by atoms with Crippen LogP contribution in [0.4, 0.5) is 0 Å². The summed E-state index contributed by atoms with van der Waals surface area (Å²) in [6.45, 7) is 8.28. The van der Waals surface area contributed by atoms with Crippen molar-refractivity contribution in [1.82, 2.24) is 0 Å². The SMILES string of the molecule is CC[C@](C)(C(C)=O)[C@H](C)CC1CC=CCC1. The summed E-state index contributed by atoms with van der Waals surface area (Å²) in [4.78, 5) is 11.8. The second-order valence-corrected chi connectivity index (χ2v) is 5.61. The van der Waals surface area contributed by atoms with E-state index in [-0.39, 0.29) is 5.41 Å². The molecule has 0 saturated heterocycles. The number of hydrogen-bond acceptors (Lipinski definition) is 1. The van der Waals surface area contributed by atoms with Crippen LogP contribution in [0.25, 0.3) is 0 Å². The van der Waals surface area contributed by atoms with E-state index in [4.69, 9.17) is 0 Å². The Labute approximate surface area is 100 Å². The van der Waals surface area contributed by atoms with Crippen LogP contribution in [0, 0.1) is 17.3 Å². The molecule has 1 aliphatic carbocycles. The molecular weight excluding hydrogens is 196 g/mol. The molecule has 1 heteroatoms. The van der Waals surface area contributed by atoms with Crippen molar-refractivity contribution in [2.75, 3.05) is 0 Å². The summed E-state index contributed by atoms with van der Waals surface area (Å²) >= 11 is 0. The van der Waals surface area contributed by atoms with Crippen molar-refractivity contribution in [2.45, 2.75) is 59.8 Å². The third-order valence-electron chi connectivity index (χ3n) is 4.69. The molecule has 0 fully saturated rings. The number of Topliss-reactive ketones (excluding diaryl/α,β-unsaturated/α-hetero) is 1. The highest BCUT2D eigenvalue weighted by Crippen LogP contribution is 2.38. The van der Waals surface area contributed by atoms with Gasteiger partial charge in [0.05, 0.1) is 0 Å². The largest absolute Gasteiger partial charge is 0.299 e. The van der Waals surface area contributed by atoms with Crippen LogP contribution in [-0.4, -0.2) is 5.78 Å². The molecule has 1 aliphatic rings. The molecule has 0 aromatic rings. The van der Waals surface area contributed by atoms with E-state index in [1.54, 1.807) is 6.92 Å². The molecule has 0 saturated carbocycles. The van der Waals surface area contributed by atoms with E-state index in [0.29, 0.717) is 11.7 Å². The summed E-state index contributed by atoms with van der Waals surface area (Å²) in [7, 11) is 0. The average Bonchev–Trinajstić information content (AvgIpc) is 2.28. The topological polar surface area (TPSA) is 17.1 Å². The first kappa shape index (κ1) is 13.5. The molecular formula is C15H26O. The summed E-state index contributed by atoms with van der Waals surface area (Å²) in [5.74, 6) is 1.66. The van der Waals surface area contributed by atoms with Gasteiger partial charge in [-0.1, -0.05) is 32.9 Å². The molecule has 1 unspecified atom stereocenters. The van der Waals surface area contributed by atoms with Crippen LogP contribution < -0.4 is 0 Å². The van der Waals surface area contributed by atoms with Gasteiger partial charge in [-0.3, -0.25) is 4.79 Å². The van der Waals surface area contributed by atoms with Gasteiger partial charge in [-0.15, -0.1) is 0 Å². The fraction of sp³-hybridized carbons (Fsp3) is 0.800. The zero-order chi connectivity index (χ0) is 12.2. The molecule has 0 radical (unpaired) electrons. The predicted molar refractivity (Wildman–Crippen MR) is 69.3 cm³/mol. The molecule has 0 amide bonds. The van der Waals surface area contributed by atoms with E-state index in [1.807, 2.05) is 0 Å². The number of allylic oxidation sites excluding steroid dienone is 2. The molecule has 0 spiro atoms. The third-order valence-corrected chi connectivity index (χ3v) is 4.69. The first-order valence-corrected chi connectivity index (χ1v) is 6.66. The van der Waals surface area contributed by atoms with Gasteiger partial charge in [-0.25, -0.2) is 0 Å². The summed E-state index contributed by atoms with van der Waals surface area (Å²) in [5.41, 5.74) is -0.110. The van der Waals surface area contributed by atoms with Crippen molar-refractivity contribution in [3.05, 3.63) is 12.2 Å². The first-order chi connectivity index (χ1) is 7.50. The predicted octanol–water partition coefficient (Wildman–Crippen LogP) is 4.37. The Balaban J connectivity index is 2.58. The number of ketones is 1. The Bertz CT molecular complexity index is 267. The minimum atomic E-state index is -0.110. The lowest BCUT2D eigenvalue weighted by Gasteiger charge is -2.35. The molecule has 0 aliphatic heterocycles. The van der Waals surface area contributed by atoms with E-state index in [1.165, 1.54) is 25.7 Å². The number of hydrogen-bond donors (Lipinski definition) is 0. The van der Waals surface area contributed by atoms with Crippen LogP contribution in [0.3, 0.4) is 0 Å². The van der Waals surface area contributed by atoms with Gasteiger partial charge in [0.15, 0.2) is 0 Å². The average molecular weight is 222 g/mol. The van der Waals surface area contributed by atoms with Gasteiger partial charge in [0.2, 0.25) is 0 Å². The summed E-state index contributed by atoms with van der Waals surface area (Å²) < 4.78 is 0. The zero-order valence-electron chi connectivity index (χ0n) is 11.3. The van der Waals surface area contributed by atoms with Gasteiger partial charge in [0, 0.05) is 5.41 Å². The first-order valence-electron chi connectivity index (χ1n) is 6.66. The maximum Gasteiger partial charge on any atom is 0.135 e. The standard InChI is InChI=1S/C15H26O/c1-5-15(4,13(3)16)12(2)11-14-9-7-6-8-10-14/h6-7,12,14H,5,8-11H2,1-4H3/t12-,14?,15+/m1/s1. The van der Waals surface area contributed by atoms with Gasteiger partial charge in [-0.05, 0) is 50.9 Å². The van der Waals surface area contributed by atoms with E-state index < -0.39 is 0 Å². The highest BCUT2D eigenvalue weighted by Gasteiger charge is 2.35. The molecule has 0 heterocycles. The van der Waals surface area contributed by atoms with Crippen LogP contribution in [-0.2, 0) is 4.79 Å². The number of rotatable bonds is 5. The monoisotopic (exact) mass is 222 g/mol. The maximum atomic E-state index is 11.8. The quantitative estimate of drug-likeness (QED) is 0.631. The normalized spacial score (nSPS) is 26.1. The highest BCUT2D eigenvalue weighted by atomic mass is 16.1. The van der Waals surface area contributed by atoms with Crippen LogP contribution in [0.2, 0.25) is 0 Å². The fourth-order valence-electron chi connectivity index (χ4n) is 2.77. The third kappa shape index (κ3) is 2.96. The minimum absolute atomic E-state index is 0.110. The Morgan fingerprint density at radius 2 is 2.19 bits per heavy atom. The van der Waals surface area contributed by atoms with E-state index in [0.717, 1.165) is 12.3 Å². The van der Waals surface area contributed by atoms with E-state index in [9.17, 15) is 4.79 Å². The smallest absolute Gasteiger partial charge is 0.135 e. The molecule has 16 heavy (non-hydrogen) atoms. The van der Waals surface area contributed by atoms with Crippen LogP contribution in [0.15, 0.2) is 12.2 Å². The van der Waals surface area contributed by atoms with Crippen molar-refractivity contribution in [1.29, 1.82) is 0 Å². The van der Waals surface area contributed by atoms with Crippen LogP contribution in [0.1, 0.15) is 59.8 Å². The van der Waals surface area contributed by atoms with E-state index in [2.05, 4.69) is 32.9 Å². The molecule has 0 N–H and O–H groups in total. The Morgan fingerprint density at radius 1 is 1.50 bits per heavy atom. The maximum absolute atomic E-state index is 11.8. The van der Waals surface area contributed by atoms with Crippen molar-refractivity contribution in [2.24, 2.45) is 17.3 Å². The van der Waals surface area contributed by atoms with Crippen molar-refractivity contribution in [3.8, 4) is 0 Å². The fourth-order valence-corrected chi connectivity index (χ4v) is 2.77. The van der Waals surface area contributed by atoms with Crippen LogP contribution >= 0.6 is 0 Å². The lowest BCUT2D eigenvalue weighted by Crippen LogP contribution is -2.33. The molecule has 1 nitrogen and oxygen atoms in total. The van der Waals surface area contributed by atoms with Crippen molar-refractivity contribution >= 4 is 5.78 Å². The summed E-state index contributed by atoms with van der Waals surface area (Å²) in [6.07, 6.45) is 10.5. The molecule has 0 aromatic heterocycles. The molecule has 1 rings (SSSR count). The Morgan fingerprint density at radius 3 is 2.62 bits per heavy atom. The van der Waals surface area contributed by atoms with Gasteiger partial charge in [0.25, 0.3) is 0 Å². The van der Waals surface area contributed by atoms with Gasteiger partial charge in [-0.2, -0.15) is 0 Å². The summed E-state index contributed by atoms with van der Waals surface area (Å²) in [6, 6.07) is 0. The lowest BCUT2D eigenvalue weighted by atomic mass is 9.69. The highest BCUT2D eigenvalue weighted by molar-refractivity contribution is 5.82. The Hall–Kier alpha value is -0.590. The van der Waals surface area contributed by atoms with Crippen LogP contribution in [0.5, 0.6) is 0 Å². The van der Waals surface area contributed by atoms with Crippen molar-refractivity contribution in [3.63, 3.8) is 0 Å². The lowest BCUT2D eigenvalue weighted by molar-refractivity contribution is -0.128. The van der Waals surface area contributed by atoms with Crippen molar-refractivity contribution < 1.29 is 4.79 Å². The minimum Gasteiger partial charge on any atom is -0.299 e. The number of carbonyl (C=O) groups excluding carboxylic acids is 1. The zero-order valence-corrected chi connectivity index (χ0v) is 11.3. The van der Waals surface area contributed by atoms with Gasteiger partial charge >= 0.3 is 0 Å². The van der Waals surface area contributed by atoms with Gasteiger partial charge in [0.1, 0.15) is 5.78 Å². The van der Waals surface area contributed by atoms with E-state index >= 15 is 0 Å². The summed E-state index contributed by atoms with van der Waals surface area (Å²) in [5, 5.41) is 0. The number of carbonyl (C=O) groups is 1. The molecule has 0 aromatic carbocycles.